The Kier molecular flexibility index (Phi) is 5.73. The van der Waals surface area contributed by atoms with E-state index in [9.17, 15) is 4.79 Å². The molecule has 1 unspecified atom stereocenters. The average Bonchev–Trinajstić information content (AvgIpc) is 3.10. The molecule has 8 heteroatoms. The molecule has 2 aromatic rings. The van der Waals surface area contributed by atoms with Crippen molar-refractivity contribution in [3.63, 3.8) is 0 Å². The van der Waals surface area contributed by atoms with Crippen molar-refractivity contribution in [3.8, 4) is 11.8 Å². The fourth-order valence-electron chi connectivity index (χ4n) is 2.79. The van der Waals surface area contributed by atoms with Crippen LogP contribution in [-0.4, -0.2) is 65.4 Å². The van der Waals surface area contributed by atoms with Gasteiger partial charge in [0.2, 0.25) is 11.8 Å². The van der Waals surface area contributed by atoms with E-state index in [2.05, 4.69) is 15.2 Å². The van der Waals surface area contributed by atoms with Crippen LogP contribution in [0.15, 0.2) is 30.5 Å². The monoisotopic (exact) mass is 371 g/mol. The van der Waals surface area contributed by atoms with Crippen molar-refractivity contribution in [2.75, 3.05) is 32.1 Å². The Hall–Kier alpha value is -2.90. The van der Waals surface area contributed by atoms with Gasteiger partial charge in [-0.15, -0.1) is 10.2 Å². The van der Waals surface area contributed by atoms with Crippen LogP contribution >= 0.6 is 0 Å². The lowest BCUT2D eigenvalue weighted by Crippen LogP contribution is -2.31. The molecule has 3 rings (SSSR count). The Labute approximate surface area is 159 Å². The summed E-state index contributed by atoms with van der Waals surface area (Å²) in [5.74, 6) is 1.70. The molecule has 1 aliphatic heterocycles. The van der Waals surface area contributed by atoms with Gasteiger partial charge >= 0.3 is 0 Å². The lowest BCUT2D eigenvalue weighted by atomic mass is 10.2. The molecule has 8 nitrogen and oxygen atoms in total. The topological polar surface area (TPSA) is 80.7 Å². The maximum absolute atomic E-state index is 12.7. The number of carbonyl (C=O) groups is 1. The highest BCUT2D eigenvalue weighted by Gasteiger charge is 2.28. The summed E-state index contributed by atoms with van der Waals surface area (Å²) in [5.41, 5.74) is 0.543. The molecule has 2 aromatic heterocycles. The Balaban J connectivity index is 1.56. The molecule has 0 aliphatic carbocycles. The number of aromatic nitrogens is 3. The average molecular weight is 371 g/mol. The SMILES string of the molecule is CC(C)Oc1ccc(C(=O)N2CCC(Oc3ccc(N(C)C)nn3)C2)cn1. The molecule has 1 atom stereocenters. The minimum atomic E-state index is -0.0926. The quantitative estimate of drug-likeness (QED) is 0.768. The van der Waals surface area contributed by atoms with Crippen molar-refractivity contribution in [1.29, 1.82) is 0 Å². The van der Waals surface area contributed by atoms with Gasteiger partial charge in [-0.05, 0) is 26.0 Å². The van der Waals surface area contributed by atoms with Crippen LogP contribution in [0.1, 0.15) is 30.6 Å². The van der Waals surface area contributed by atoms with Crippen molar-refractivity contribution < 1.29 is 14.3 Å². The van der Waals surface area contributed by atoms with E-state index in [-0.39, 0.29) is 18.1 Å². The van der Waals surface area contributed by atoms with Crippen LogP contribution in [-0.2, 0) is 0 Å². The number of rotatable bonds is 6. The molecule has 1 fully saturated rings. The molecule has 0 aromatic carbocycles. The van der Waals surface area contributed by atoms with Gasteiger partial charge < -0.3 is 19.3 Å². The maximum Gasteiger partial charge on any atom is 0.255 e. The Bertz CT molecular complexity index is 762. The first-order valence-electron chi connectivity index (χ1n) is 9.02. The minimum absolute atomic E-state index is 0.0467. The summed E-state index contributed by atoms with van der Waals surface area (Å²) in [7, 11) is 3.81. The molecule has 1 aliphatic rings. The van der Waals surface area contributed by atoms with Gasteiger partial charge in [-0.2, -0.15) is 0 Å². The summed E-state index contributed by atoms with van der Waals surface area (Å²) in [6.45, 7) is 5.02. The van der Waals surface area contributed by atoms with Gasteiger partial charge in [-0.1, -0.05) is 0 Å². The highest BCUT2D eigenvalue weighted by Crippen LogP contribution is 2.20. The third kappa shape index (κ3) is 4.84. The van der Waals surface area contributed by atoms with Gasteiger partial charge in [-0.3, -0.25) is 4.79 Å². The van der Waals surface area contributed by atoms with Gasteiger partial charge in [0.05, 0.1) is 18.2 Å². The Morgan fingerprint density at radius 2 is 1.96 bits per heavy atom. The van der Waals surface area contributed by atoms with Gasteiger partial charge in [0.25, 0.3) is 5.91 Å². The Morgan fingerprint density at radius 1 is 1.19 bits per heavy atom. The van der Waals surface area contributed by atoms with Crippen molar-refractivity contribution in [3.05, 3.63) is 36.0 Å². The van der Waals surface area contributed by atoms with Crippen LogP contribution in [0.25, 0.3) is 0 Å². The molecule has 3 heterocycles. The van der Waals surface area contributed by atoms with Crippen LogP contribution in [0.2, 0.25) is 0 Å². The summed E-state index contributed by atoms with van der Waals surface area (Å²) in [6.07, 6.45) is 2.26. The summed E-state index contributed by atoms with van der Waals surface area (Å²) in [4.78, 5) is 20.5. The van der Waals surface area contributed by atoms with E-state index < -0.39 is 0 Å². The van der Waals surface area contributed by atoms with Crippen LogP contribution < -0.4 is 14.4 Å². The minimum Gasteiger partial charge on any atom is -0.475 e. The van der Waals surface area contributed by atoms with Crippen molar-refractivity contribution in [2.24, 2.45) is 0 Å². The third-order valence-corrected chi connectivity index (χ3v) is 4.14. The fraction of sp³-hybridized carbons (Fsp3) is 0.474. The smallest absolute Gasteiger partial charge is 0.255 e. The molecule has 27 heavy (non-hydrogen) atoms. The van der Waals surface area contributed by atoms with E-state index in [0.29, 0.717) is 30.4 Å². The van der Waals surface area contributed by atoms with Gasteiger partial charge in [0.1, 0.15) is 6.10 Å². The highest BCUT2D eigenvalue weighted by molar-refractivity contribution is 5.94. The van der Waals surface area contributed by atoms with E-state index in [1.54, 1.807) is 29.3 Å². The zero-order valence-electron chi connectivity index (χ0n) is 16.1. The van der Waals surface area contributed by atoms with E-state index in [0.717, 1.165) is 12.2 Å². The van der Waals surface area contributed by atoms with Crippen molar-refractivity contribution in [1.82, 2.24) is 20.1 Å². The number of anilines is 1. The predicted octanol–water partition coefficient (Wildman–Crippen LogP) is 2.02. The largest absolute Gasteiger partial charge is 0.475 e. The van der Waals surface area contributed by atoms with Crippen LogP contribution in [0, 0.1) is 0 Å². The predicted molar refractivity (Wildman–Crippen MR) is 101 cm³/mol. The van der Waals surface area contributed by atoms with E-state index in [4.69, 9.17) is 9.47 Å². The number of hydrogen-bond donors (Lipinski definition) is 0. The fourth-order valence-corrected chi connectivity index (χ4v) is 2.79. The zero-order chi connectivity index (χ0) is 19.4. The van der Waals surface area contributed by atoms with E-state index >= 15 is 0 Å². The molecule has 144 valence electrons. The second-order valence-corrected chi connectivity index (χ2v) is 6.96. The van der Waals surface area contributed by atoms with Crippen molar-refractivity contribution >= 4 is 11.7 Å². The first kappa shape index (κ1) is 18.9. The summed E-state index contributed by atoms with van der Waals surface area (Å²) in [5, 5.41) is 8.18. The van der Waals surface area contributed by atoms with E-state index in [1.807, 2.05) is 38.9 Å². The molecule has 0 bridgehead atoms. The summed E-state index contributed by atoms with van der Waals surface area (Å²) in [6, 6.07) is 7.11. The zero-order valence-corrected chi connectivity index (χ0v) is 16.1. The maximum atomic E-state index is 12.7. The van der Waals surface area contributed by atoms with Crippen LogP contribution in [0.5, 0.6) is 11.8 Å². The second-order valence-electron chi connectivity index (χ2n) is 6.96. The number of pyridine rings is 1. The standard InChI is InChI=1S/C19H25N5O3/c1-13(2)26-17-7-5-14(11-20-17)19(25)24-10-9-15(12-24)27-18-8-6-16(21-22-18)23(3)4/h5-8,11,13,15H,9-10,12H2,1-4H3. The number of ether oxygens (including phenoxy) is 2. The normalized spacial score (nSPS) is 16.5. The van der Waals surface area contributed by atoms with Crippen molar-refractivity contribution in [2.45, 2.75) is 32.5 Å². The number of carbonyl (C=O) groups excluding carboxylic acids is 1. The molecular formula is C19H25N5O3. The van der Waals surface area contributed by atoms with Gasteiger partial charge in [-0.25, -0.2) is 4.98 Å². The lowest BCUT2D eigenvalue weighted by molar-refractivity contribution is 0.0770. The summed E-state index contributed by atoms with van der Waals surface area (Å²) < 4.78 is 11.4. The second kappa shape index (κ2) is 8.20. The number of hydrogen-bond acceptors (Lipinski definition) is 7. The summed E-state index contributed by atoms with van der Waals surface area (Å²) >= 11 is 0. The van der Waals surface area contributed by atoms with E-state index in [1.165, 1.54) is 0 Å². The van der Waals surface area contributed by atoms with Crippen LogP contribution in [0.4, 0.5) is 5.82 Å². The highest BCUT2D eigenvalue weighted by atomic mass is 16.5. The molecule has 1 saturated heterocycles. The van der Waals surface area contributed by atoms with Gasteiger partial charge in [0.15, 0.2) is 5.82 Å². The molecule has 0 saturated carbocycles. The molecule has 1 amide bonds. The first-order chi connectivity index (χ1) is 12.9. The van der Waals surface area contributed by atoms with Gasteiger partial charge in [0, 0.05) is 45.4 Å². The van der Waals surface area contributed by atoms with Crippen LogP contribution in [0.3, 0.4) is 0 Å². The number of nitrogens with zero attached hydrogens (tertiary/aromatic N) is 5. The lowest BCUT2D eigenvalue weighted by Gasteiger charge is -2.17. The molecular weight excluding hydrogens is 346 g/mol. The molecule has 0 N–H and O–H groups in total. The first-order valence-corrected chi connectivity index (χ1v) is 9.02. The Morgan fingerprint density at radius 3 is 2.56 bits per heavy atom. The molecule has 0 radical (unpaired) electrons. The number of likely N-dealkylation sites (tertiary alicyclic amines) is 1. The number of amides is 1. The molecule has 0 spiro atoms. The third-order valence-electron chi connectivity index (χ3n) is 4.14.